The molecule has 1 heterocycles. The quantitative estimate of drug-likeness (QED) is 0.760. The van der Waals surface area contributed by atoms with Crippen LogP contribution in [-0.2, 0) is 6.42 Å². The molecule has 2 aromatic rings. The number of rotatable bonds is 2. The minimum Gasteiger partial charge on any atom is -0.461 e. The van der Waals surface area contributed by atoms with Crippen LogP contribution < -0.4 is 5.73 Å². The van der Waals surface area contributed by atoms with Crippen LogP contribution in [0.3, 0.4) is 0 Å². The van der Waals surface area contributed by atoms with E-state index in [0.29, 0.717) is 6.54 Å². The molecule has 2 N–H and O–H groups in total. The third kappa shape index (κ3) is 1.58. The van der Waals surface area contributed by atoms with E-state index < -0.39 is 0 Å². The maximum atomic E-state index is 5.58. The van der Waals surface area contributed by atoms with Crippen molar-refractivity contribution in [3.05, 3.63) is 35.6 Å². The minimum atomic E-state index is 0.638. The van der Waals surface area contributed by atoms with Crippen LogP contribution in [0.4, 0.5) is 0 Å². The molecule has 0 bridgehead atoms. The first-order chi connectivity index (χ1) is 6.29. The van der Waals surface area contributed by atoms with Crippen LogP contribution in [0.15, 0.2) is 28.7 Å². The number of aryl methyl sites for hydroxylation is 1. The first-order valence-corrected chi connectivity index (χ1v) is 4.49. The summed E-state index contributed by atoms with van der Waals surface area (Å²) in [6.45, 7) is 2.72. The second-order valence-corrected chi connectivity index (χ2v) is 3.29. The van der Waals surface area contributed by atoms with Gasteiger partial charge in [-0.05, 0) is 31.7 Å². The number of furan rings is 1. The number of hydrogen-bond donors (Lipinski definition) is 1. The summed E-state index contributed by atoms with van der Waals surface area (Å²) in [7, 11) is 0. The van der Waals surface area contributed by atoms with Gasteiger partial charge in [0.25, 0.3) is 0 Å². The number of hydrogen-bond acceptors (Lipinski definition) is 2. The van der Waals surface area contributed by atoms with E-state index in [1.54, 1.807) is 0 Å². The highest BCUT2D eigenvalue weighted by atomic mass is 16.3. The SMILES string of the molecule is Cc1ccc2oc(CCN)cc2c1. The molecule has 0 aliphatic rings. The van der Waals surface area contributed by atoms with Gasteiger partial charge in [-0.15, -0.1) is 0 Å². The van der Waals surface area contributed by atoms with Crippen molar-refractivity contribution < 1.29 is 4.42 Å². The fraction of sp³-hybridized carbons (Fsp3) is 0.273. The predicted octanol–water partition coefficient (Wildman–Crippen LogP) is 2.24. The molecule has 2 nitrogen and oxygen atoms in total. The van der Waals surface area contributed by atoms with Gasteiger partial charge in [-0.1, -0.05) is 11.6 Å². The molecule has 0 amide bonds. The predicted molar refractivity (Wildman–Crippen MR) is 53.7 cm³/mol. The highest BCUT2D eigenvalue weighted by molar-refractivity contribution is 5.78. The second kappa shape index (κ2) is 3.23. The monoisotopic (exact) mass is 175 g/mol. The van der Waals surface area contributed by atoms with Gasteiger partial charge in [-0.3, -0.25) is 0 Å². The van der Waals surface area contributed by atoms with Crippen molar-refractivity contribution in [3.8, 4) is 0 Å². The molecule has 0 saturated heterocycles. The van der Waals surface area contributed by atoms with Crippen molar-refractivity contribution in [2.45, 2.75) is 13.3 Å². The summed E-state index contributed by atoms with van der Waals surface area (Å²) in [5.74, 6) is 0.975. The Morgan fingerprint density at radius 1 is 1.31 bits per heavy atom. The van der Waals surface area contributed by atoms with E-state index in [9.17, 15) is 0 Å². The van der Waals surface area contributed by atoms with Crippen molar-refractivity contribution in [1.29, 1.82) is 0 Å². The van der Waals surface area contributed by atoms with Crippen LogP contribution in [-0.4, -0.2) is 6.54 Å². The summed E-state index contributed by atoms with van der Waals surface area (Å²) in [5, 5.41) is 1.17. The van der Waals surface area contributed by atoms with E-state index >= 15 is 0 Å². The molecule has 0 atom stereocenters. The maximum Gasteiger partial charge on any atom is 0.134 e. The Kier molecular flexibility index (Phi) is 2.07. The van der Waals surface area contributed by atoms with Gasteiger partial charge >= 0.3 is 0 Å². The molecule has 1 aromatic carbocycles. The third-order valence-electron chi connectivity index (χ3n) is 2.11. The van der Waals surface area contributed by atoms with Crippen LogP contribution in [0, 0.1) is 6.92 Å². The van der Waals surface area contributed by atoms with Crippen LogP contribution in [0.25, 0.3) is 11.0 Å². The number of fused-ring (bicyclic) bond motifs is 1. The van der Waals surface area contributed by atoms with E-state index in [0.717, 1.165) is 17.8 Å². The fourth-order valence-corrected chi connectivity index (χ4v) is 1.48. The first-order valence-electron chi connectivity index (χ1n) is 4.49. The zero-order chi connectivity index (χ0) is 9.26. The highest BCUT2D eigenvalue weighted by Crippen LogP contribution is 2.20. The number of nitrogens with two attached hydrogens (primary N) is 1. The average Bonchev–Trinajstić information content (AvgIpc) is 2.46. The Bertz CT molecular complexity index is 417. The Hall–Kier alpha value is -1.28. The maximum absolute atomic E-state index is 5.58. The van der Waals surface area contributed by atoms with Gasteiger partial charge in [0.2, 0.25) is 0 Å². The van der Waals surface area contributed by atoms with Crippen molar-refractivity contribution in [2.24, 2.45) is 5.73 Å². The molecule has 0 aliphatic heterocycles. The molecule has 2 heteroatoms. The highest BCUT2D eigenvalue weighted by Gasteiger charge is 2.01. The zero-order valence-corrected chi connectivity index (χ0v) is 7.71. The van der Waals surface area contributed by atoms with E-state index in [4.69, 9.17) is 10.2 Å². The second-order valence-electron chi connectivity index (χ2n) is 3.29. The van der Waals surface area contributed by atoms with Gasteiger partial charge in [-0.2, -0.15) is 0 Å². The Balaban J connectivity index is 2.49. The van der Waals surface area contributed by atoms with E-state index in [1.165, 1.54) is 10.9 Å². The lowest BCUT2D eigenvalue weighted by Crippen LogP contribution is -2.01. The minimum absolute atomic E-state index is 0.638. The van der Waals surface area contributed by atoms with Crippen molar-refractivity contribution in [3.63, 3.8) is 0 Å². The molecule has 1 aromatic heterocycles. The molecule has 0 aliphatic carbocycles. The van der Waals surface area contributed by atoms with Gasteiger partial charge in [0.1, 0.15) is 11.3 Å². The van der Waals surface area contributed by atoms with E-state index in [-0.39, 0.29) is 0 Å². The van der Waals surface area contributed by atoms with Crippen LogP contribution in [0.1, 0.15) is 11.3 Å². The van der Waals surface area contributed by atoms with Gasteiger partial charge in [0.05, 0.1) is 0 Å². The average molecular weight is 175 g/mol. The Labute approximate surface area is 77.3 Å². The molecule has 0 spiro atoms. The topological polar surface area (TPSA) is 39.2 Å². The van der Waals surface area contributed by atoms with Crippen molar-refractivity contribution in [2.75, 3.05) is 6.54 Å². The summed E-state index contributed by atoms with van der Waals surface area (Å²) in [4.78, 5) is 0. The van der Waals surface area contributed by atoms with E-state index in [1.807, 2.05) is 6.07 Å². The third-order valence-corrected chi connectivity index (χ3v) is 2.11. The molecule has 0 saturated carbocycles. The lowest BCUT2D eigenvalue weighted by Gasteiger charge is -1.89. The van der Waals surface area contributed by atoms with Gasteiger partial charge < -0.3 is 10.2 Å². The largest absolute Gasteiger partial charge is 0.461 e. The van der Waals surface area contributed by atoms with Crippen molar-refractivity contribution >= 4 is 11.0 Å². The molecule has 13 heavy (non-hydrogen) atoms. The molecular weight excluding hydrogens is 162 g/mol. The van der Waals surface area contributed by atoms with Gasteiger partial charge in [0.15, 0.2) is 0 Å². The zero-order valence-electron chi connectivity index (χ0n) is 7.71. The molecule has 0 radical (unpaired) electrons. The lowest BCUT2D eigenvalue weighted by molar-refractivity contribution is 0.550. The van der Waals surface area contributed by atoms with Gasteiger partial charge in [-0.25, -0.2) is 0 Å². The summed E-state index contributed by atoms with van der Waals surface area (Å²) < 4.78 is 5.58. The molecule has 0 unspecified atom stereocenters. The Morgan fingerprint density at radius 2 is 2.15 bits per heavy atom. The molecule has 0 fully saturated rings. The normalized spacial score (nSPS) is 10.9. The lowest BCUT2D eigenvalue weighted by atomic mass is 10.2. The summed E-state index contributed by atoms with van der Waals surface area (Å²) in [5.41, 5.74) is 7.66. The summed E-state index contributed by atoms with van der Waals surface area (Å²) in [6.07, 6.45) is 0.813. The fourth-order valence-electron chi connectivity index (χ4n) is 1.48. The van der Waals surface area contributed by atoms with Crippen LogP contribution >= 0.6 is 0 Å². The van der Waals surface area contributed by atoms with E-state index in [2.05, 4.69) is 25.1 Å². The molecule has 2 rings (SSSR count). The van der Waals surface area contributed by atoms with Crippen LogP contribution in [0.2, 0.25) is 0 Å². The Morgan fingerprint density at radius 3 is 2.92 bits per heavy atom. The first kappa shape index (κ1) is 8.32. The standard InChI is InChI=1S/C11H13NO/c1-8-2-3-11-9(6-8)7-10(13-11)4-5-12/h2-3,6-7H,4-5,12H2,1H3. The summed E-state index contributed by atoms with van der Waals surface area (Å²) >= 11 is 0. The van der Waals surface area contributed by atoms with Gasteiger partial charge in [0, 0.05) is 11.8 Å². The van der Waals surface area contributed by atoms with Crippen molar-refractivity contribution in [1.82, 2.24) is 0 Å². The smallest absolute Gasteiger partial charge is 0.134 e. The summed E-state index contributed by atoms with van der Waals surface area (Å²) in [6, 6.07) is 8.25. The molecule has 68 valence electrons. The molecular formula is C11H13NO. The number of benzene rings is 1. The van der Waals surface area contributed by atoms with Crippen LogP contribution in [0.5, 0.6) is 0 Å².